The van der Waals surface area contributed by atoms with Crippen LogP contribution in [0.15, 0.2) is 24.2 Å². The fraction of sp³-hybridized carbons (Fsp3) is 0.826. The van der Waals surface area contributed by atoms with Crippen LogP contribution in [0.1, 0.15) is 65.7 Å². The Bertz CT molecular complexity index is 674. The molecule has 5 rings (SSSR count). The minimum atomic E-state index is -0.503. The minimum Gasteiger partial charge on any atom is -0.456 e. The van der Waals surface area contributed by atoms with E-state index >= 15 is 0 Å². The van der Waals surface area contributed by atoms with Crippen LogP contribution in [0, 0.1) is 34.5 Å². The average molecular weight is 375 g/mol. The standard InChI is InChI=1S/C23H34O4/c1-14(24)17-6-7-18-16-5-4-15-12-23(26-10-11-27-23)9-8-21(15,2)20(16)19(25)13-22(17,18)3/h4,10-11,14,16-20,24-25H,5-9,12-13H2,1-3H3/t14?,16?,17?,18?,19-,20?,21-,22+/m0/s1. The second kappa shape index (κ2) is 5.76. The second-order valence-corrected chi connectivity index (χ2v) is 10.5. The molecule has 2 N–H and O–H groups in total. The normalized spacial score (nSPS) is 50.9. The van der Waals surface area contributed by atoms with E-state index in [0.29, 0.717) is 23.7 Å². The van der Waals surface area contributed by atoms with E-state index in [9.17, 15) is 10.2 Å². The minimum absolute atomic E-state index is 0.0349. The molecule has 0 aromatic heterocycles. The lowest BCUT2D eigenvalue weighted by atomic mass is 9.46. The maximum Gasteiger partial charge on any atom is 0.253 e. The highest BCUT2D eigenvalue weighted by atomic mass is 16.7. The van der Waals surface area contributed by atoms with Crippen molar-refractivity contribution in [2.45, 2.75) is 83.7 Å². The van der Waals surface area contributed by atoms with Crippen molar-refractivity contribution in [1.29, 1.82) is 0 Å². The molecular formula is C23H34O4. The van der Waals surface area contributed by atoms with E-state index in [4.69, 9.17) is 9.47 Å². The summed E-state index contributed by atoms with van der Waals surface area (Å²) in [6.07, 6.45) is 12.1. The van der Waals surface area contributed by atoms with Crippen molar-refractivity contribution in [2.75, 3.05) is 0 Å². The van der Waals surface area contributed by atoms with Gasteiger partial charge in [0, 0.05) is 12.8 Å². The zero-order valence-corrected chi connectivity index (χ0v) is 16.9. The van der Waals surface area contributed by atoms with Gasteiger partial charge in [-0.1, -0.05) is 25.5 Å². The van der Waals surface area contributed by atoms with Crippen molar-refractivity contribution in [2.24, 2.45) is 34.5 Å². The molecule has 0 bridgehead atoms. The van der Waals surface area contributed by atoms with Crippen LogP contribution in [0.2, 0.25) is 0 Å². The van der Waals surface area contributed by atoms with Crippen molar-refractivity contribution in [1.82, 2.24) is 0 Å². The number of aliphatic hydroxyl groups is 2. The Kier molecular flexibility index (Phi) is 3.85. The maximum atomic E-state index is 11.4. The van der Waals surface area contributed by atoms with E-state index in [1.807, 2.05) is 6.92 Å². The summed E-state index contributed by atoms with van der Waals surface area (Å²) in [6.45, 7) is 6.65. The van der Waals surface area contributed by atoms with E-state index < -0.39 is 5.79 Å². The Labute approximate surface area is 162 Å². The average Bonchev–Trinajstić information content (AvgIpc) is 3.19. The zero-order valence-electron chi connectivity index (χ0n) is 16.9. The molecule has 0 aromatic carbocycles. The number of ether oxygens (including phenoxy) is 2. The molecule has 0 aromatic rings. The molecule has 1 spiro atoms. The second-order valence-electron chi connectivity index (χ2n) is 10.5. The third-order valence-corrected chi connectivity index (χ3v) is 9.32. The van der Waals surface area contributed by atoms with Crippen molar-refractivity contribution in [3.05, 3.63) is 24.2 Å². The molecule has 3 fully saturated rings. The number of rotatable bonds is 1. The van der Waals surface area contributed by atoms with Crippen molar-refractivity contribution in [3.63, 3.8) is 0 Å². The van der Waals surface area contributed by atoms with Gasteiger partial charge in [-0.2, -0.15) is 0 Å². The van der Waals surface area contributed by atoms with E-state index in [2.05, 4.69) is 19.9 Å². The molecule has 0 radical (unpaired) electrons. The fourth-order valence-corrected chi connectivity index (χ4v) is 8.10. The molecule has 4 aliphatic carbocycles. The number of hydrogen-bond acceptors (Lipinski definition) is 4. The van der Waals surface area contributed by atoms with Crippen molar-refractivity contribution >= 4 is 0 Å². The molecule has 27 heavy (non-hydrogen) atoms. The summed E-state index contributed by atoms with van der Waals surface area (Å²) in [5.41, 5.74) is 1.52. The van der Waals surface area contributed by atoms with Gasteiger partial charge in [-0.05, 0) is 73.5 Å². The molecule has 5 unspecified atom stereocenters. The molecule has 1 aliphatic heterocycles. The topological polar surface area (TPSA) is 58.9 Å². The molecule has 5 aliphatic rings. The van der Waals surface area contributed by atoms with Gasteiger partial charge in [0.05, 0.1) is 12.2 Å². The highest BCUT2D eigenvalue weighted by molar-refractivity contribution is 5.28. The Morgan fingerprint density at radius 3 is 2.59 bits per heavy atom. The van der Waals surface area contributed by atoms with Gasteiger partial charge >= 0.3 is 0 Å². The summed E-state index contributed by atoms with van der Waals surface area (Å²) in [4.78, 5) is 0. The van der Waals surface area contributed by atoms with E-state index in [1.54, 1.807) is 12.5 Å². The summed E-state index contributed by atoms with van der Waals surface area (Å²) in [7, 11) is 0. The predicted octanol–water partition coefficient (Wildman–Crippen LogP) is 4.13. The zero-order chi connectivity index (χ0) is 19.0. The highest BCUT2D eigenvalue weighted by Gasteiger charge is 2.63. The first-order chi connectivity index (χ1) is 12.8. The molecule has 0 saturated heterocycles. The summed E-state index contributed by atoms with van der Waals surface area (Å²) >= 11 is 0. The number of aliphatic hydroxyl groups excluding tert-OH is 2. The predicted molar refractivity (Wildman–Crippen MR) is 102 cm³/mol. The monoisotopic (exact) mass is 374 g/mol. The van der Waals surface area contributed by atoms with Gasteiger partial charge in [0.15, 0.2) is 0 Å². The summed E-state index contributed by atoms with van der Waals surface area (Å²) in [6, 6.07) is 0. The van der Waals surface area contributed by atoms with Gasteiger partial charge in [0.2, 0.25) is 0 Å². The van der Waals surface area contributed by atoms with Gasteiger partial charge in [0.25, 0.3) is 5.79 Å². The van der Waals surface area contributed by atoms with Crippen LogP contribution in [-0.4, -0.2) is 28.2 Å². The molecular weight excluding hydrogens is 340 g/mol. The lowest BCUT2D eigenvalue weighted by Crippen LogP contribution is -2.58. The highest BCUT2D eigenvalue weighted by Crippen LogP contribution is 2.67. The molecule has 4 heteroatoms. The van der Waals surface area contributed by atoms with Gasteiger partial charge in [-0.25, -0.2) is 0 Å². The van der Waals surface area contributed by atoms with Gasteiger partial charge in [-0.15, -0.1) is 0 Å². The largest absolute Gasteiger partial charge is 0.456 e. The lowest BCUT2D eigenvalue weighted by molar-refractivity contribution is -0.185. The third kappa shape index (κ3) is 2.35. The van der Waals surface area contributed by atoms with Gasteiger partial charge < -0.3 is 19.7 Å². The van der Waals surface area contributed by atoms with Gasteiger partial charge in [0.1, 0.15) is 12.5 Å². The van der Waals surface area contributed by atoms with Crippen LogP contribution in [0.3, 0.4) is 0 Å². The molecule has 4 nitrogen and oxygen atoms in total. The molecule has 8 atom stereocenters. The lowest BCUT2D eigenvalue weighted by Gasteiger charge is -2.60. The number of hydrogen-bond donors (Lipinski definition) is 2. The smallest absolute Gasteiger partial charge is 0.253 e. The third-order valence-electron chi connectivity index (χ3n) is 9.32. The van der Waals surface area contributed by atoms with Crippen LogP contribution in [0.5, 0.6) is 0 Å². The first-order valence-corrected chi connectivity index (χ1v) is 10.9. The van der Waals surface area contributed by atoms with Gasteiger partial charge in [-0.3, -0.25) is 0 Å². The summed E-state index contributed by atoms with van der Waals surface area (Å²) in [5.74, 6) is 1.26. The summed E-state index contributed by atoms with van der Waals surface area (Å²) in [5, 5.41) is 21.8. The van der Waals surface area contributed by atoms with E-state index in [1.165, 1.54) is 12.0 Å². The van der Waals surface area contributed by atoms with Crippen molar-refractivity contribution in [3.8, 4) is 0 Å². The Balaban J connectivity index is 1.48. The fourth-order valence-electron chi connectivity index (χ4n) is 8.10. The van der Waals surface area contributed by atoms with Crippen LogP contribution in [0.25, 0.3) is 0 Å². The van der Waals surface area contributed by atoms with Crippen LogP contribution < -0.4 is 0 Å². The number of fused-ring (bicyclic) bond motifs is 5. The Morgan fingerprint density at radius 1 is 1.15 bits per heavy atom. The van der Waals surface area contributed by atoms with E-state index in [-0.39, 0.29) is 23.0 Å². The molecule has 3 saturated carbocycles. The van der Waals surface area contributed by atoms with Crippen molar-refractivity contribution < 1.29 is 19.7 Å². The Morgan fingerprint density at radius 2 is 1.89 bits per heavy atom. The molecule has 150 valence electrons. The molecule has 1 heterocycles. The molecule has 0 amide bonds. The first-order valence-electron chi connectivity index (χ1n) is 10.9. The van der Waals surface area contributed by atoms with Crippen LogP contribution in [0.4, 0.5) is 0 Å². The number of allylic oxidation sites excluding steroid dienone is 1. The van der Waals surface area contributed by atoms with Crippen LogP contribution >= 0.6 is 0 Å². The van der Waals surface area contributed by atoms with Crippen LogP contribution in [-0.2, 0) is 9.47 Å². The Hall–Kier alpha value is -1.00. The summed E-state index contributed by atoms with van der Waals surface area (Å²) < 4.78 is 11.7. The SMILES string of the molecule is CC(O)C1CCC2C3CC=C4CC5(CC[C@]4(C)C3[C@@H](O)C[C@]12C)OC=CO5. The van der Waals surface area contributed by atoms with E-state index in [0.717, 1.165) is 38.5 Å². The maximum absolute atomic E-state index is 11.4. The first kappa shape index (κ1) is 18.1. The quantitative estimate of drug-likeness (QED) is 0.678.